The minimum Gasteiger partial charge on any atom is -0.481 e. The van der Waals surface area contributed by atoms with Crippen LogP contribution in [-0.2, 0) is 15.0 Å². The molecule has 0 spiro atoms. The van der Waals surface area contributed by atoms with Crippen molar-refractivity contribution in [2.75, 3.05) is 5.73 Å². The first-order valence-corrected chi connectivity index (χ1v) is 11.8. The molecule has 0 saturated heterocycles. The number of halogens is 2. The van der Waals surface area contributed by atoms with Gasteiger partial charge in [-0.3, -0.25) is 9.59 Å². The Balaban J connectivity index is 1.59. The number of nitrogen functional groups attached to an aromatic ring is 1. The van der Waals surface area contributed by atoms with Gasteiger partial charge in [-0.1, -0.05) is 36.4 Å². The molecular weight excluding hydrogens is 510 g/mol. The second-order valence-electron chi connectivity index (χ2n) is 9.62. The van der Waals surface area contributed by atoms with Crippen molar-refractivity contribution in [3.63, 3.8) is 0 Å². The number of tetrazole rings is 1. The highest BCUT2D eigenvalue weighted by Crippen LogP contribution is 2.46. The van der Waals surface area contributed by atoms with Gasteiger partial charge in [-0.05, 0) is 65.6 Å². The molecule has 1 aliphatic rings. The zero-order valence-corrected chi connectivity index (χ0v) is 20.5. The molecule has 12 heteroatoms. The average molecular weight is 533 g/mol. The molecule has 0 bridgehead atoms. The molecule has 2 unspecified atom stereocenters. The highest BCUT2D eigenvalue weighted by molar-refractivity contribution is 5.86. The molecule has 0 fully saturated rings. The van der Waals surface area contributed by atoms with E-state index < -0.39 is 34.4 Å². The molecule has 2 heterocycles. The molecule has 2 aromatic heterocycles. The number of rotatable bonds is 6. The number of pyridine rings is 1. The van der Waals surface area contributed by atoms with Gasteiger partial charge in [-0.2, -0.15) is 4.68 Å². The summed E-state index contributed by atoms with van der Waals surface area (Å²) in [7, 11) is 0. The van der Waals surface area contributed by atoms with Crippen LogP contribution in [0.4, 0.5) is 14.6 Å². The zero-order valence-electron chi connectivity index (χ0n) is 20.5. The fraction of sp³-hybridized carbons (Fsp3) is 0.185. The Morgan fingerprint density at radius 2 is 1.82 bits per heavy atom. The number of hydrogen-bond acceptors (Lipinski definition) is 7. The number of anilines is 1. The second-order valence-corrected chi connectivity index (χ2v) is 9.62. The van der Waals surface area contributed by atoms with Gasteiger partial charge >= 0.3 is 11.9 Å². The Kier molecular flexibility index (Phi) is 6.17. The number of benzene rings is 2. The van der Waals surface area contributed by atoms with Gasteiger partial charge < -0.3 is 15.9 Å². The molecule has 1 aliphatic carbocycles. The maximum atomic E-state index is 14.5. The van der Waals surface area contributed by atoms with Gasteiger partial charge in [-0.25, -0.2) is 13.8 Å². The molecule has 4 aromatic rings. The van der Waals surface area contributed by atoms with E-state index in [-0.39, 0.29) is 35.7 Å². The van der Waals surface area contributed by atoms with Crippen LogP contribution in [0.15, 0.2) is 66.9 Å². The van der Waals surface area contributed by atoms with Crippen LogP contribution in [-0.4, -0.2) is 47.3 Å². The lowest BCUT2D eigenvalue weighted by atomic mass is 9.63. The number of aromatic nitrogens is 5. The number of nitrogens with zero attached hydrogens (tertiary/aromatic N) is 5. The van der Waals surface area contributed by atoms with Gasteiger partial charge in [0.05, 0.1) is 16.4 Å². The van der Waals surface area contributed by atoms with Gasteiger partial charge in [0.25, 0.3) is 0 Å². The summed E-state index contributed by atoms with van der Waals surface area (Å²) >= 11 is 0. The molecule has 4 N–H and O–H groups in total. The van der Waals surface area contributed by atoms with Crippen LogP contribution in [0, 0.1) is 17.0 Å². The van der Waals surface area contributed by atoms with E-state index in [1.165, 1.54) is 31.3 Å². The highest BCUT2D eigenvalue weighted by atomic mass is 19.2. The van der Waals surface area contributed by atoms with E-state index in [0.29, 0.717) is 16.7 Å². The molecule has 2 atom stereocenters. The topological polar surface area (TPSA) is 157 Å². The van der Waals surface area contributed by atoms with E-state index in [2.05, 4.69) is 20.5 Å². The first-order valence-electron chi connectivity index (χ1n) is 11.8. The van der Waals surface area contributed by atoms with E-state index in [9.17, 15) is 28.6 Å². The van der Waals surface area contributed by atoms with Crippen LogP contribution in [0.1, 0.15) is 25.3 Å². The maximum Gasteiger partial charge on any atom is 0.314 e. The Labute approximate surface area is 220 Å². The summed E-state index contributed by atoms with van der Waals surface area (Å²) < 4.78 is 29.4. The molecular formula is C27H22F2N6O4. The normalized spacial score (nSPS) is 20.6. The van der Waals surface area contributed by atoms with E-state index in [1.54, 1.807) is 36.4 Å². The largest absolute Gasteiger partial charge is 0.481 e. The molecule has 39 heavy (non-hydrogen) atoms. The minimum atomic E-state index is -1.47. The first kappa shape index (κ1) is 25.6. The van der Waals surface area contributed by atoms with Gasteiger partial charge in [0.15, 0.2) is 17.5 Å². The number of aliphatic carboxylic acids is 2. The van der Waals surface area contributed by atoms with Crippen molar-refractivity contribution in [2.45, 2.75) is 25.2 Å². The Bertz CT molecular complexity index is 1650. The molecule has 198 valence electrons. The molecule has 5 rings (SSSR count). The number of nitrogens with two attached hydrogens (primary N) is 1. The lowest BCUT2D eigenvalue weighted by Crippen LogP contribution is -2.45. The van der Waals surface area contributed by atoms with Gasteiger partial charge in [0.1, 0.15) is 11.5 Å². The SMILES string of the molecule is CC1(C(=O)O)C=CCC(C(=O)O)(c2cccc(-c3cnc(N)c(-c4nnnn4-c4cccc(F)c4F)c3)c2)C1. The van der Waals surface area contributed by atoms with Crippen molar-refractivity contribution in [3.05, 3.63) is 84.1 Å². The second kappa shape index (κ2) is 9.39. The van der Waals surface area contributed by atoms with Crippen molar-refractivity contribution >= 4 is 17.8 Å². The summed E-state index contributed by atoms with van der Waals surface area (Å²) in [5, 5.41) is 31.3. The molecule has 0 radical (unpaired) electrons. The molecule has 0 saturated carbocycles. The van der Waals surface area contributed by atoms with Crippen molar-refractivity contribution < 1.29 is 28.6 Å². The summed E-state index contributed by atoms with van der Waals surface area (Å²) in [6.07, 6.45) is 4.58. The number of hydrogen-bond donors (Lipinski definition) is 3. The third-order valence-corrected chi connectivity index (χ3v) is 7.06. The van der Waals surface area contributed by atoms with Gasteiger partial charge in [-0.15, -0.1) is 5.10 Å². The lowest BCUT2D eigenvalue weighted by molar-refractivity contribution is -0.151. The van der Waals surface area contributed by atoms with E-state index in [4.69, 9.17) is 5.73 Å². The van der Waals surface area contributed by atoms with E-state index in [1.807, 2.05) is 0 Å². The Hall–Kier alpha value is -5.00. The predicted molar refractivity (Wildman–Crippen MR) is 136 cm³/mol. The average Bonchev–Trinajstić information content (AvgIpc) is 3.40. The number of allylic oxidation sites excluding steroid dienone is 1. The van der Waals surface area contributed by atoms with Crippen LogP contribution in [0.2, 0.25) is 0 Å². The molecule has 2 aromatic carbocycles. The Morgan fingerprint density at radius 3 is 2.56 bits per heavy atom. The quantitative estimate of drug-likeness (QED) is 0.312. The summed E-state index contributed by atoms with van der Waals surface area (Å²) in [5.74, 6) is -4.42. The number of carboxylic acids is 2. The van der Waals surface area contributed by atoms with Gasteiger partial charge in [0.2, 0.25) is 0 Å². The van der Waals surface area contributed by atoms with Crippen LogP contribution in [0.25, 0.3) is 28.2 Å². The summed E-state index contributed by atoms with van der Waals surface area (Å²) in [5.41, 5.74) is 4.81. The monoisotopic (exact) mass is 532 g/mol. The summed E-state index contributed by atoms with van der Waals surface area (Å²) in [4.78, 5) is 28.7. The predicted octanol–water partition coefficient (Wildman–Crippen LogP) is 4.02. The maximum absolute atomic E-state index is 14.5. The smallest absolute Gasteiger partial charge is 0.314 e. The van der Waals surface area contributed by atoms with Crippen LogP contribution >= 0.6 is 0 Å². The van der Waals surface area contributed by atoms with Crippen molar-refractivity contribution in [2.24, 2.45) is 5.41 Å². The van der Waals surface area contributed by atoms with Crippen LogP contribution in [0.3, 0.4) is 0 Å². The molecule has 0 aliphatic heterocycles. The first-order chi connectivity index (χ1) is 18.6. The van der Waals surface area contributed by atoms with Gasteiger partial charge in [0, 0.05) is 11.8 Å². The third-order valence-electron chi connectivity index (χ3n) is 7.06. The third kappa shape index (κ3) is 4.29. The fourth-order valence-electron chi connectivity index (χ4n) is 4.91. The molecule has 0 amide bonds. The van der Waals surface area contributed by atoms with Crippen molar-refractivity contribution in [1.82, 2.24) is 25.2 Å². The van der Waals surface area contributed by atoms with Crippen molar-refractivity contribution in [1.29, 1.82) is 0 Å². The number of carboxylic acid groups (broad SMARTS) is 2. The van der Waals surface area contributed by atoms with Crippen molar-refractivity contribution in [3.8, 4) is 28.2 Å². The standard InChI is InChI=1S/C27H22F2N6O4/c1-26(24(36)37)9-4-10-27(14-26,25(38)39)17-6-2-5-15(11-17)16-12-18(22(30)31-13-16)23-32-33-34-35(23)20-8-3-7-19(28)21(20)29/h2-9,11-13H,10,14H2,1H3,(H2,30,31)(H,36,37)(H,38,39). The summed E-state index contributed by atoms with van der Waals surface area (Å²) in [6, 6.07) is 11.9. The van der Waals surface area contributed by atoms with Crippen LogP contribution in [0.5, 0.6) is 0 Å². The molecule has 10 nitrogen and oxygen atoms in total. The van der Waals surface area contributed by atoms with Crippen LogP contribution < -0.4 is 5.73 Å². The lowest BCUT2D eigenvalue weighted by Gasteiger charge is -2.38. The minimum absolute atomic E-state index is 0.0131. The zero-order chi connectivity index (χ0) is 27.9. The highest BCUT2D eigenvalue weighted by Gasteiger charge is 2.49. The van der Waals surface area contributed by atoms with E-state index in [0.717, 1.165) is 10.7 Å². The summed E-state index contributed by atoms with van der Waals surface area (Å²) in [6.45, 7) is 1.49. The number of carbonyl (C=O) groups is 2. The van der Waals surface area contributed by atoms with E-state index >= 15 is 0 Å². The fourth-order valence-corrected chi connectivity index (χ4v) is 4.91. The Morgan fingerprint density at radius 1 is 1.05 bits per heavy atom.